The molecule has 2 N–H and O–H groups in total. The molecule has 0 unspecified atom stereocenters. The van der Waals surface area contributed by atoms with Gasteiger partial charge >= 0.3 is 5.97 Å². The quantitative estimate of drug-likeness (QED) is 0.348. The summed E-state index contributed by atoms with van der Waals surface area (Å²) < 4.78 is 0.787. The van der Waals surface area contributed by atoms with Crippen LogP contribution in [0.15, 0.2) is 66.7 Å². The van der Waals surface area contributed by atoms with Crippen molar-refractivity contribution in [3.05, 3.63) is 97.6 Å². The molecule has 4 rings (SSSR count). The monoisotopic (exact) mass is 602 g/mol. The maximum absolute atomic E-state index is 14.0. The molecule has 2 atom stereocenters. The van der Waals surface area contributed by atoms with E-state index in [1.807, 2.05) is 12.1 Å². The SMILES string of the molecule is CC(C)(C)c1ccc([C@@H](C(=O)O)N2C(=O)c3cc(I)ccc3NC(=O)[C@@H]2c2ccc(Cl)cc2)cc1. The van der Waals surface area contributed by atoms with Gasteiger partial charge in [-0.25, -0.2) is 4.79 Å². The van der Waals surface area contributed by atoms with Crippen LogP contribution in [0.3, 0.4) is 0 Å². The van der Waals surface area contributed by atoms with Crippen LogP contribution in [0.4, 0.5) is 5.69 Å². The van der Waals surface area contributed by atoms with E-state index in [2.05, 4.69) is 48.7 Å². The summed E-state index contributed by atoms with van der Waals surface area (Å²) in [6.07, 6.45) is 0. The molecule has 3 aromatic carbocycles. The average molecular weight is 603 g/mol. The number of anilines is 1. The van der Waals surface area contributed by atoms with Gasteiger partial charge in [0.1, 0.15) is 6.04 Å². The van der Waals surface area contributed by atoms with Crippen molar-refractivity contribution in [2.24, 2.45) is 0 Å². The number of nitrogens with one attached hydrogen (secondary N) is 1. The van der Waals surface area contributed by atoms with E-state index in [0.29, 0.717) is 21.8 Å². The standard InChI is InChI=1S/C27H24ClIN2O4/c1-27(2,3)17-8-4-16(5-9-17)23(26(34)35)31-22(15-6-10-18(28)11-7-15)24(32)30-21-13-12-19(29)14-20(21)25(31)33/h4-14,22-23H,1-3H3,(H,30,32)(H,34,35)/t22-,23-/m0/s1. The molecule has 0 saturated carbocycles. The second-order valence-corrected chi connectivity index (χ2v) is 11.1. The Morgan fingerprint density at radius 1 is 1.03 bits per heavy atom. The molecule has 1 heterocycles. The second-order valence-electron chi connectivity index (χ2n) is 9.46. The normalized spacial score (nSPS) is 16.8. The molecule has 35 heavy (non-hydrogen) atoms. The summed E-state index contributed by atoms with van der Waals surface area (Å²) in [6.45, 7) is 6.19. The third-order valence-corrected chi connectivity index (χ3v) is 6.94. The number of halogens is 2. The first-order chi connectivity index (χ1) is 16.5. The van der Waals surface area contributed by atoms with Crippen molar-refractivity contribution >= 4 is 57.7 Å². The summed E-state index contributed by atoms with van der Waals surface area (Å²) in [5, 5.41) is 13.6. The van der Waals surface area contributed by atoms with Crippen molar-refractivity contribution in [3.63, 3.8) is 0 Å². The van der Waals surface area contributed by atoms with E-state index in [4.69, 9.17) is 11.6 Å². The molecule has 2 amide bonds. The molecule has 0 aliphatic carbocycles. The molecule has 0 fully saturated rings. The second kappa shape index (κ2) is 9.62. The van der Waals surface area contributed by atoms with Gasteiger partial charge in [-0.1, -0.05) is 68.8 Å². The highest BCUT2D eigenvalue weighted by Crippen LogP contribution is 2.38. The Balaban J connectivity index is 1.92. The smallest absolute Gasteiger partial charge is 0.331 e. The molecule has 1 aliphatic rings. The van der Waals surface area contributed by atoms with Crippen LogP contribution >= 0.6 is 34.2 Å². The van der Waals surface area contributed by atoms with Crippen molar-refractivity contribution in [2.45, 2.75) is 38.3 Å². The molecule has 6 nitrogen and oxygen atoms in total. The summed E-state index contributed by atoms with van der Waals surface area (Å²) in [7, 11) is 0. The molecular formula is C27H24ClIN2O4. The predicted molar refractivity (Wildman–Crippen MR) is 144 cm³/mol. The number of hydrogen-bond acceptors (Lipinski definition) is 3. The van der Waals surface area contributed by atoms with E-state index in [1.165, 1.54) is 0 Å². The highest BCUT2D eigenvalue weighted by atomic mass is 127. The van der Waals surface area contributed by atoms with Crippen LogP contribution in [0.1, 0.15) is 59.9 Å². The fourth-order valence-electron chi connectivity index (χ4n) is 4.20. The number of benzene rings is 3. The van der Waals surface area contributed by atoms with Crippen molar-refractivity contribution in [1.29, 1.82) is 0 Å². The molecule has 0 radical (unpaired) electrons. The van der Waals surface area contributed by atoms with Gasteiger partial charge in [-0.15, -0.1) is 0 Å². The van der Waals surface area contributed by atoms with Gasteiger partial charge in [0.15, 0.2) is 6.04 Å². The zero-order chi connectivity index (χ0) is 25.5. The van der Waals surface area contributed by atoms with Gasteiger partial charge in [0.05, 0.1) is 11.3 Å². The van der Waals surface area contributed by atoms with Gasteiger partial charge in [-0.3, -0.25) is 9.59 Å². The van der Waals surface area contributed by atoms with E-state index in [0.717, 1.165) is 14.0 Å². The van der Waals surface area contributed by atoms with Crippen LogP contribution in [0, 0.1) is 3.57 Å². The molecule has 0 aromatic heterocycles. The van der Waals surface area contributed by atoms with Crippen molar-refractivity contribution in [2.75, 3.05) is 5.32 Å². The number of carbonyl (C=O) groups excluding carboxylic acids is 2. The largest absolute Gasteiger partial charge is 0.479 e. The maximum Gasteiger partial charge on any atom is 0.331 e. The van der Waals surface area contributed by atoms with Crippen LogP contribution in [-0.2, 0) is 15.0 Å². The van der Waals surface area contributed by atoms with Gasteiger partial charge in [-0.2, -0.15) is 0 Å². The van der Waals surface area contributed by atoms with Gasteiger partial charge in [0.2, 0.25) is 0 Å². The summed E-state index contributed by atoms with van der Waals surface area (Å²) in [4.78, 5) is 41.4. The number of amides is 2. The maximum atomic E-state index is 14.0. The summed E-state index contributed by atoms with van der Waals surface area (Å²) in [6, 6.07) is 16.1. The minimum atomic E-state index is -1.40. The first kappa shape index (κ1) is 25.2. The molecule has 8 heteroatoms. The van der Waals surface area contributed by atoms with Gasteiger partial charge in [0.25, 0.3) is 11.8 Å². The van der Waals surface area contributed by atoms with Crippen molar-refractivity contribution in [1.82, 2.24) is 4.90 Å². The predicted octanol–water partition coefficient (Wildman–Crippen LogP) is 6.20. The lowest BCUT2D eigenvalue weighted by Crippen LogP contribution is -2.44. The third-order valence-electron chi connectivity index (χ3n) is 6.02. The number of carboxylic acid groups (broad SMARTS) is 1. The van der Waals surface area contributed by atoms with Crippen molar-refractivity contribution < 1.29 is 19.5 Å². The van der Waals surface area contributed by atoms with Crippen LogP contribution in [0.2, 0.25) is 5.02 Å². The van der Waals surface area contributed by atoms with Crippen LogP contribution < -0.4 is 5.32 Å². The minimum Gasteiger partial charge on any atom is -0.479 e. The highest BCUT2D eigenvalue weighted by molar-refractivity contribution is 14.1. The van der Waals surface area contributed by atoms with Gasteiger partial charge in [-0.05, 0) is 75.0 Å². The third kappa shape index (κ3) is 5.06. The van der Waals surface area contributed by atoms with E-state index in [9.17, 15) is 19.5 Å². The van der Waals surface area contributed by atoms with Crippen LogP contribution in [0.25, 0.3) is 0 Å². The Kier molecular flexibility index (Phi) is 6.92. The van der Waals surface area contributed by atoms with Crippen LogP contribution in [-0.4, -0.2) is 27.8 Å². The number of fused-ring (bicyclic) bond motifs is 1. The molecule has 0 spiro atoms. The molecule has 0 bridgehead atoms. The minimum absolute atomic E-state index is 0.128. The number of carboxylic acids is 1. The summed E-state index contributed by atoms with van der Waals surface area (Å²) in [5.41, 5.74) is 2.34. The highest BCUT2D eigenvalue weighted by Gasteiger charge is 2.44. The van der Waals surface area contributed by atoms with Crippen molar-refractivity contribution in [3.8, 4) is 0 Å². The molecule has 3 aromatic rings. The summed E-state index contributed by atoms with van der Waals surface area (Å²) in [5.74, 6) is -2.29. The Bertz CT molecular complexity index is 1300. The molecule has 0 saturated heterocycles. The lowest BCUT2D eigenvalue weighted by atomic mass is 9.86. The lowest BCUT2D eigenvalue weighted by Gasteiger charge is -2.34. The number of carbonyl (C=O) groups is 3. The fourth-order valence-corrected chi connectivity index (χ4v) is 4.81. The van der Waals surface area contributed by atoms with Gasteiger partial charge in [0, 0.05) is 8.59 Å². The van der Waals surface area contributed by atoms with E-state index >= 15 is 0 Å². The van der Waals surface area contributed by atoms with Crippen LogP contribution in [0.5, 0.6) is 0 Å². The van der Waals surface area contributed by atoms with E-state index < -0.39 is 29.9 Å². The number of hydrogen-bond donors (Lipinski definition) is 2. The Morgan fingerprint density at radius 2 is 1.66 bits per heavy atom. The Hall–Kier alpha value is -2.91. The zero-order valence-electron chi connectivity index (χ0n) is 19.4. The first-order valence-electron chi connectivity index (χ1n) is 11.0. The summed E-state index contributed by atoms with van der Waals surface area (Å²) >= 11 is 8.14. The number of nitrogens with zero attached hydrogens (tertiary/aromatic N) is 1. The average Bonchev–Trinajstić information content (AvgIpc) is 2.89. The topological polar surface area (TPSA) is 86.7 Å². The fraction of sp³-hybridized carbons (Fsp3) is 0.222. The Labute approximate surface area is 222 Å². The zero-order valence-corrected chi connectivity index (χ0v) is 22.3. The lowest BCUT2D eigenvalue weighted by molar-refractivity contribution is -0.144. The van der Waals surface area contributed by atoms with E-state index in [-0.39, 0.29) is 11.0 Å². The first-order valence-corrected chi connectivity index (χ1v) is 12.4. The number of aliphatic carboxylic acids is 1. The number of rotatable bonds is 4. The van der Waals surface area contributed by atoms with Gasteiger partial charge < -0.3 is 15.3 Å². The molecular weight excluding hydrogens is 579 g/mol. The van der Waals surface area contributed by atoms with E-state index in [1.54, 1.807) is 54.6 Å². The molecule has 180 valence electrons. The molecule has 1 aliphatic heterocycles. The Morgan fingerprint density at radius 3 is 2.23 bits per heavy atom.